The highest BCUT2D eigenvalue weighted by molar-refractivity contribution is 6.37. The van der Waals surface area contributed by atoms with Gasteiger partial charge in [-0.3, -0.25) is 0 Å². The number of carbonyl (C=O) groups is 1. The maximum absolute atomic E-state index is 12.9. The summed E-state index contributed by atoms with van der Waals surface area (Å²) >= 11 is 6.45. The van der Waals surface area contributed by atoms with Crippen molar-refractivity contribution >= 4 is 28.5 Å². The van der Waals surface area contributed by atoms with Gasteiger partial charge in [0, 0.05) is 28.8 Å². The fourth-order valence-corrected chi connectivity index (χ4v) is 3.48. The van der Waals surface area contributed by atoms with E-state index in [2.05, 4.69) is 4.98 Å². The quantitative estimate of drug-likeness (QED) is 0.631. The first kappa shape index (κ1) is 19.3. The van der Waals surface area contributed by atoms with E-state index < -0.39 is 5.97 Å². The highest BCUT2D eigenvalue weighted by Gasteiger charge is 2.26. The van der Waals surface area contributed by atoms with Gasteiger partial charge < -0.3 is 19.7 Å². The van der Waals surface area contributed by atoms with Gasteiger partial charge in [0.2, 0.25) is 0 Å². The van der Waals surface area contributed by atoms with Gasteiger partial charge in [-0.1, -0.05) is 41.9 Å². The van der Waals surface area contributed by atoms with Crippen molar-refractivity contribution in [3.8, 4) is 5.75 Å². The number of aromatic amines is 1. The number of halogens is 1. The summed E-state index contributed by atoms with van der Waals surface area (Å²) in [5, 5.41) is 11.7. The molecule has 0 amide bonds. The van der Waals surface area contributed by atoms with Crippen LogP contribution in [0.5, 0.6) is 5.75 Å². The van der Waals surface area contributed by atoms with E-state index in [0.29, 0.717) is 44.9 Å². The van der Waals surface area contributed by atoms with Crippen molar-refractivity contribution in [1.82, 2.24) is 9.88 Å². The average molecular weight is 387 g/mol. The van der Waals surface area contributed by atoms with Crippen molar-refractivity contribution in [1.29, 1.82) is 0 Å². The highest BCUT2D eigenvalue weighted by Crippen LogP contribution is 2.40. The molecule has 6 heteroatoms. The van der Waals surface area contributed by atoms with Gasteiger partial charge in [0.15, 0.2) is 0 Å². The lowest BCUT2D eigenvalue weighted by atomic mass is 10.00. The predicted octanol–water partition coefficient (Wildman–Crippen LogP) is 4.56. The number of aryl methyl sites for hydroxylation is 1. The zero-order chi connectivity index (χ0) is 19.7. The first-order valence-electron chi connectivity index (χ1n) is 8.69. The molecule has 27 heavy (non-hydrogen) atoms. The molecule has 0 aliphatic carbocycles. The van der Waals surface area contributed by atoms with Crippen molar-refractivity contribution in [3.05, 3.63) is 63.3 Å². The third-order valence-corrected chi connectivity index (χ3v) is 5.04. The minimum Gasteiger partial charge on any atom is -0.507 e. The summed E-state index contributed by atoms with van der Waals surface area (Å²) in [7, 11) is 3.81. The smallest absolute Gasteiger partial charge is 0.340 e. The standard InChI is InChI=1S/C21H23ClN2O3/c1-12-18(22)19-17(15(20(12)25)10-24(3)4)16(13(2)23-19)21(26)27-11-14-8-6-5-7-9-14/h5-9,23,25H,10-11H2,1-4H3. The number of nitrogens with one attached hydrogen (secondary N) is 1. The maximum Gasteiger partial charge on any atom is 0.340 e. The zero-order valence-electron chi connectivity index (χ0n) is 15.9. The number of esters is 1. The number of hydrogen-bond donors (Lipinski definition) is 2. The molecule has 0 unspecified atom stereocenters. The van der Waals surface area contributed by atoms with Crippen LogP contribution in [0.25, 0.3) is 10.9 Å². The molecule has 0 fully saturated rings. The number of phenolic OH excluding ortho intramolecular Hbond substituents is 1. The van der Waals surface area contributed by atoms with Crippen molar-refractivity contribution < 1.29 is 14.6 Å². The lowest BCUT2D eigenvalue weighted by molar-refractivity contribution is 0.0474. The molecule has 0 spiro atoms. The molecular weight excluding hydrogens is 364 g/mol. The number of fused-ring (bicyclic) bond motifs is 1. The summed E-state index contributed by atoms with van der Waals surface area (Å²) in [6.45, 7) is 4.22. The van der Waals surface area contributed by atoms with E-state index in [9.17, 15) is 9.90 Å². The second-order valence-corrected chi connectivity index (χ2v) is 7.32. The SMILES string of the molecule is Cc1[nH]c2c(Cl)c(C)c(O)c(CN(C)C)c2c1C(=O)OCc1ccccc1. The Balaban J connectivity index is 2.09. The van der Waals surface area contributed by atoms with E-state index in [-0.39, 0.29) is 12.4 Å². The number of nitrogens with zero attached hydrogens (tertiary/aromatic N) is 1. The first-order valence-corrected chi connectivity index (χ1v) is 9.07. The predicted molar refractivity (Wildman–Crippen MR) is 107 cm³/mol. The Morgan fingerprint density at radius 1 is 1.22 bits per heavy atom. The van der Waals surface area contributed by atoms with Gasteiger partial charge >= 0.3 is 5.97 Å². The summed E-state index contributed by atoms with van der Waals surface area (Å²) in [5.41, 5.74) is 3.88. The van der Waals surface area contributed by atoms with E-state index in [1.165, 1.54) is 0 Å². The maximum atomic E-state index is 12.9. The molecule has 2 N–H and O–H groups in total. The second-order valence-electron chi connectivity index (χ2n) is 6.94. The number of aromatic nitrogens is 1. The molecule has 2 aromatic carbocycles. The van der Waals surface area contributed by atoms with Crippen LogP contribution in [0.1, 0.15) is 32.7 Å². The van der Waals surface area contributed by atoms with Crippen LogP contribution in [0.4, 0.5) is 0 Å². The number of benzene rings is 2. The largest absolute Gasteiger partial charge is 0.507 e. The van der Waals surface area contributed by atoms with Gasteiger partial charge in [-0.15, -0.1) is 0 Å². The Labute approximate surface area is 163 Å². The number of aromatic hydroxyl groups is 1. The second kappa shape index (κ2) is 7.62. The molecule has 1 heterocycles. The highest BCUT2D eigenvalue weighted by atomic mass is 35.5. The molecule has 0 bridgehead atoms. The number of carbonyl (C=O) groups excluding carboxylic acids is 1. The van der Waals surface area contributed by atoms with Crippen molar-refractivity contribution in [3.63, 3.8) is 0 Å². The molecule has 1 aromatic heterocycles. The molecule has 3 aromatic rings. The monoisotopic (exact) mass is 386 g/mol. The van der Waals surface area contributed by atoms with E-state index in [1.54, 1.807) is 13.8 Å². The number of H-pyrrole nitrogens is 1. The third-order valence-electron chi connectivity index (χ3n) is 4.57. The van der Waals surface area contributed by atoms with Gasteiger partial charge in [-0.2, -0.15) is 0 Å². The van der Waals surface area contributed by atoms with Crippen LogP contribution in [0, 0.1) is 13.8 Å². The summed E-state index contributed by atoms with van der Waals surface area (Å²) in [5.74, 6) is -0.334. The third kappa shape index (κ3) is 3.66. The molecule has 0 saturated carbocycles. The van der Waals surface area contributed by atoms with Crippen LogP contribution in [0.15, 0.2) is 30.3 Å². The fourth-order valence-electron chi connectivity index (χ4n) is 3.25. The van der Waals surface area contributed by atoms with E-state index in [1.807, 2.05) is 49.3 Å². The Morgan fingerprint density at radius 3 is 2.52 bits per heavy atom. The van der Waals surface area contributed by atoms with Crippen LogP contribution >= 0.6 is 11.6 Å². The van der Waals surface area contributed by atoms with Gasteiger partial charge in [0.1, 0.15) is 12.4 Å². The molecule has 5 nitrogen and oxygen atoms in total. The van der Waals surface area contributed by atoms with E-state index >= 15 is 0 Å². The molecule has 0 saturated heterocycles. The molecule has 3 rings (SSSR count). The minimum absolute atomic E-state index is 0.109. The summed E-state index contributed by atoms with van der Waals surface area (Å²) in [4.78, 5) is 18.0. The fraction of sp³-hybridized carbons (Fsp3) is 0.286. The van der Waals surface area contributed by atoms with Crippen LogP contribution in [-0.4, -0.2) is 35.1 Å². The van der Waals surface area contributed by atoms with Gasteiger partial charge in [-0.25, -0.2) is 4.79 Å². The van der Waals surface area contributed by atoms with Crippen LogP contribution in [-0.2, 0) is 17.9 Å². The molecule has 0 atom stereocenters. The van der Waals surface area contributed by atoms with E-state index in [0.717, 1.165) is 5.56 Å². The van der Waals surface area contributed by atoms with E-state index in [4.69, 9.17) is 16.3 Å². The Bertz CT molecular complexity index is 994. The number of phenols is 1. The number of hydrogen-bond acceptors (Lipinski definition) is 4. The van der Waals surface area contributed by atoms with Crippen LogP contribution < -0.4 is 0 Å². The van der Waals surface area contributed by atoms with Crippen LogP contribution in [0.3, 0.4) is 0 Å². The van der Waals surface area contributed by atoms with Gasteiger partial charge in [0.05, 0.1) is 16.1 Å². The number of ether oxygens (including phenoxy) is 1. The molecule has 0 radical (unpaired) electrons. The van der Waals surface area contributed by atoms with Gasteiger partial charge in [0.25, 0.3) is 0 Å². The molecule has 0 aliphatic heterocycles. The average Bonchev–Trinajstić information content (AvgIpc) is 2.99. The summed E-state index contributed by atoms with van der Waals surface area (Å²) in [6.07, 6.45) is 0. The normalized spacial score (nSPS) is 11.3. The van der Waals surface area contributed by atoms with Crippen molar-refractivity contribution in [2.75, 3.05) is 14.1 Å². The zero-order valence-corrected chi connectivity index (χ0v) is 16.6. The van der Waals surface area contributed by atoms with Crippen LogP contribution in [0.2, 0.25) is 5.02 Å². The topological polar surface area (TPSA) is 65.6 Å². The Hall–Kier alpha value is -2.50. The summed E-state index contributed by atoms with van der Waals surface area (Å²) < 4.78 is 5.53. The van der Waals surface area contributed by atoms with Gasteiger partial charge in [-0.05, 0) is 33.5 Å². The first-order chi connectivity index (χ1) is 12.8. The minimum atomic E-state index is -0.443. The number of rotatable bonds is 5. The lowest BCUT2D eigenvalue weighted by Gasteiger charge is -2.16. The van der Waals surface area contributed by atoms with Crippen molar-refractivity contribution in [2.45, 2.75) is 27.0 Å². The van der Waals surface area contributed by atoms with Crippen molar-refractivity contribution in [2.24, 2.45) is 0 Å². The lowest BCUT2D eigenvalue weighted by Crippen LogP contribution is -2.13. The molecular formula is C21H23ClN2O3. The molecule has 142 valence electrons. The Morgan fingerprint density at radius 2 is 1.89 bits per heavy atom. The summed E-state index contributed by atoms with van der Waals surface area (Å²) in [6, 6.07) is 9.51. The molecule has 0 aliphatic rings. The Kier molecular flexibility index (Phi) is 5.44.